The van der Waals surface area contributed by atoms with Crippen molar-refractivity contribution in [3.63, 3.8) is 0 Å². The number of Topliss-reactive ketones (excluding diaryl/α,β-unsaturated/α-hetero) is 1. The highest BCUT2D eigenvalue weighted by Gasteiger charge is 2.35. The third-order valence-electron chi connectivity index (χ3n) is 4.16. The number of hydrogen-bond donors (Lipinski definition) is 1. The Kier molecular flexibility index (Phi) is 4.71. The van der Waals surface area contributed by atoms with Crippen LogP contribution in [0.1, 0.15) is 31.7 Å². The number of esters is 1. The maximum absolute atomic E-state index is 12.3. The highest BCUT2D eigenvalue weighted by molar-refractivity contribution is 9.10. The lowest BCUT2D eigenvalue weighted by atomic mass is 9.87. The van der Waals surface area contributed by atoms with E-state index in [0.717, 1.165) is 16.5 Å². The van der Waals surface area contributed by atoms with E-state index in [1.165, 1.54) is 0 Å². The smallest absolute Gasteiger partial charge is 0.338 e. The number of ketones is 1. The van der Waals surface area contributed by atoms with Gasteiger partial charge >= 0.3 is 5.97 Å². The first-order valence-corrected chi connectivity index (χ1v) is 8.67. The van der Waals surface area contributed by atoms with Crippen LogP contribution in [0.25, 0.3) is 5.76 Å². The van der Waals surface area contributed by atoms with Crippen LogP contribution < -0.4 is 0 Å². The Labute approximate surface area is 148 Å². The molecule has 1 aromatic carbocycles. The number of carbonyl (C=O) groups excluding carboxylic acids is 2. The van der Waals surface area contributed by atoms with E-state index in [0.29, 0.717) is 29.6 Å². The minimum atomic E-state index is -0.515. The summed E-state index contributed by atoms with van der Waals surface area (Å²) in [5.74, 6) is -0.503. The second-order valence-corrected chi connectivity index (χ2v) is 6.59. The quantitative estimate of drug-likeness (QED) is 0.620. The zero-order valence-corrected chi connectivity index (χ0v) is 14.9. The maximum atomic E-state index is 12.3. The zero-order chi connectivity index (χ0) is 17.3. The van der Waals surface area contributed by atoms with Gasteiger partial charge in [0.1, 0.15) is 5.76 Å². The molecule has 0 atom stereocenters. The van der Waals surface area contributed by atoms with Gasteiger partial charge in [-0.3, -0.25) is 4.79 Å². The third kappa shape index (κ3) is 2.96. The minimum Gasteiger partial charge on any atom is -0.507 e. The van der Waals surface area contributed by atoms with Crippen LogP contribution in [0.4, 0.5) is 0 Å². The average Bonchev–Trinajstić information content (AvgIpc) is 2.96. The summed E-state index contributed by atoms with van der Waals surface area (Å²) in [6, 6.07) is 7.23. The fourth-order valence-electron chi connectivity index (χ4n) is 3.07. The van der Waals surface area contributed by atoms with Crippen molar-refractivity contribution in [3.8, 4) is 0 Å². The number of benzene rings is 1. The lowest BCUT2D eigenvalue weighted by Crippen LogP contribution is -2.16. The van der Waals surface area contributed by atoms with Crippen LogP contribution in [0.15, 0.2) is 57.1 Å². The first kappa shape index (κ1) is 16.7. The molecule has 24 heavy (non-hydrogen) atoms. The van der Waals surface area contributed by atoms with Gasteiger partial charge in [0, 0.05) is 27.6 Å². The highest BCUT2D eigenvalue weighted by atomic mass is 79.9. The van der Waals surface area contributed by atoms with E-state index in [2.05, 4.69) is 15.9 Å². The molecule has 1 N–H and O–H groups in total. The Morgan fingerprint density at radius 2 is 1.96 bits per heavy atom. The largest absolute Gasteiger partial charge is 0.507 e. The van der Waals surface area contributed by atoms with Gasteiger partial charge in [-0.2, -0.15) is 0 Å². The van der Waals surface area contributed by atoms with E-state index >= 15 is 0 Å². The molecule has 0 fully saturated rings. The Morgan fingerprint density at radius 1 is 1.25 bits per heavy atom. The van der Waals surface area contributed by atoms with Gasteiger partial charge in [-0.25, -0.2) is 4.79 Å². The molecule has 3 rings (SSSR count). The summed E-state index contributed by atoms with van der Waals surface area (Å²) in [5, 5.41) is 10.7. The topological polar surface area (TPSA) is 63.6 Å². The SMILES string of the molecule is CCOC(=O)C1=C/C(=C(\O)c2ccc(Br)cc2)C2=C1C(=O)CCC2. The van der Waals surface area contributed by atoms with Gasteiger partial charge in [0.25, 0.3) is 0 Å². The van der Waals surface area contributed by atoms with Gasteiger partial charge in [0.2, 0.25) is 0 Å². The molecule has 2 aliphatic carbocycles. The molecule has 0 aliphatic heterocycles. The maximum Gasteiger partial charge on any atom is 0.338 e. The summed E-state index contributed by atoms with van der Waals surface area (Å²) in [4.78, 5) is 24.5. The average molecular weight is 389 g/mol. The number of allylic oxidation sites excluding steroid dienone is 3. The van der Waals surface area contributed by atoms with Crippen molar-refractivity contribution >= 4 is 33.4 Å². The van der Waals surface area contributed by atoms with Crippen molar-refractivity contribution in [2.45, 2.75) is 26.2 Å². The molecule has 0 bridgehead atoms. The summed E-state index contributed by atoms with van der Waals surface area (Å²) in [6.45, 7) is 1.96. The Balaban J connectivity index is 2.13. The monoisotopic (exact) mass is 388 g/mol. The molecule has 0 heterocycles. The van der Waals surface area contributed by atoms with Gasteiger partial charge in [0.05, 0.1) is 12.2 Å². The van der Waals surface area contributed by atoms with Crippen LogP contribution in [-0.2, 0) is 14.3 Å². The van der Waals surface area contributed by atoms with Crippen molar-refractivity contribution in [3.05, 3.63) is 62.7 Å². The van der Waals surface area contributed by atoms with Gasteiger partial charge in [-0.15, -0.1) is 0 Å². The normalized spacial score (nSPS) is 19.1. The summed E-state index contributed by atoms with van der Waals surface area (Å²) in [6.07, 6.45) is 3.39. The summed E-state index contributed by atoms with van der Waals surface area (Å²) in [7, 11) is 0. The second kappa shape index (κ2) is 6.77. The molecular formula is C19H17BrO4. The zero-order valence-electron chi connectivity index (χ0n) is 13.3. The van der Waals surface area contributed by atoms with Crippen molar-refractivity contribution < 1.29 is 19.4 Å². The molecule has 0 saturated carbocycles. The number of aliphatic hydroxyl groups excluding tert-OH is 1. The Bertz CT molecular complexity index is 797. The van der Waals surface area contributed by atoms with E-state index in [9.17, 15) is 14.7 Å². The second-order valence-electron chi connectivity index (χ2n) is 5.68. The molecule has 0 saturated heterocycles. The molecule has 0 radical (unpaired) electrons. The van der Waals surface area contributed by atoms with Crippen molar-refractivity contribution in [2.24, 2.45) is 0 Å². The lowest BCUT2D eigenvalue weighted by Gasteiger charge is -2.16. The van der Waals surface area contributed by atoms with Gasteiger partial charge < -0.3 is 9.84 Å². The minimum absolute atomic E-state index is 0.0610. The molecule has 5 heteroatoms. The lowest BCUT2D eigenvalue weighted by molar-refractivity contribution is -0.138. The Hall–Kier alpha value is -2.14. The summed E-state index contributed by atoms with van der Waals surface area (Å²) in [5.41, 5.74) is 2.60. The number of ether oxygens (including phenoxy) is 1. The first-order valence-electron chi connectivity index (χ1n) is 7.88. The van der Waals surface area contributed by atoms with Gasteiger partial charge in [-0.05, 0) is 43.5 Å². The van der Waals surface area contributed by atoms with Crippen LogP contribution >= 0.6 is 15.9 Å². The van der Waals surface area contributed by atoms with Crippen LogP contribution in [0.5, 0.6) is 0 Å². The number of halogens is 1. The molecule has 1 aromatic rings. The molecule has 0 aromatic heterocycles. The van der Waals surface area contributed by atoms with Crippen LogP contribution in [0.2, 0.25) is 0 Å². The van der Waals surface area contributed by atoms with Crippen molar-refractivity contribution in [2.75, 3.05) is 6.61 Å². The van der Waals surface area contributed by atoms with Crippen LogP contribution in [0.3, 0.4) is 0 Å². The molecule has 0 unspecified atom stereocenters. The molecule has 124 valence electrons. The molecular weight excluding hydrogens is 372 g/mol. The van der Waals surface area contributed by atoms with Gasteiger partial charge in [-0.1, -0.05) is 28.1 Å². The fourth-order valence-corrected chi connectivity index (χ4v) is 3.34. The van der Waals surface area contributed by atoms with E-state index in [4.69, 9.17) is 4.74 Å². The number of rotatable bonds is 3. The summed E-state index contributed by atoms with van der Waals surface area (Å²) >= 11 is 3.36. The predicted octanol–water partition coefficient (Wildman–Crippen LogP) is 4.27. The van der Waals surface area contributed by atoms with Gasteiger partial charge in [0.15, 0.2) is 5.78 Å². The predicted molar refractivity (Wildman–Crippen MR) is 94.3 cm³/mol. The Morgan fingerprint density at radius 3 is 2.62 bits per heavy atom. The van der Waals surface area contributed by atoms with E-state index in [-0.39, 0.29) is 23.7 Å². The van der Waals surface area contributed by atoms with Crippen LogP contribution in [0, 0.1) is 0 Å². The number of hydrogen-bond acceptors (Lipinski definition) is 4. The van der Waals surface area contributed by atoms with E-state index in [1.54, 1.807) is 25.1 Å². The van der Waals surface area contributed by atoms with Crippen molar-refractivity contribution in [1.82, 2.24) is 0 Å². The first-order chi connectivity index (χ1) is 11.5. The fraction of sp³-hybridized carbons (Fsp3) is 0.263. The van der Waals surface area contributed by atoms with Crippen molar-refractivity contribution in [1.29, 1.82) is 0 Å². The molecule has 0 spiro atoms. The molecule has 0 amide bonds. The standard InChI is InChI=1S/C19H17BrO4/c1-2-24-19(23)15-10-14(13-4-3-5-16(21)17(13)15)18(22)11-6-8-12(20)9-7-11/h6-10,22H,2-5H2,1H3/b18-14+. The molecule has 4 nitrogen and oxygen atoms in total. The van der Waals surface area contributed by atoms with E-state index < -0.39 is 5.97 Å². The van der Waals surface area contributed by atoms with E-state index in [1.807, 2.05) is 12.1 Å². The molecule has 2 aliphatic rings. The van der Waals surface area contributed by atoms with Crippen LogP contribution in [-0.4, -0.2) is 23.5 Å². The highest BCUT2D eigenvalue weighted by Crippen LogP contribution is 2.41. The third-order valence-corrected chi connectivity index (χ3v) is 4.69. The summed E-state index contributed by atoms with van der Waals surface area (Å²) < 4.78 is 5.98. The number of aliphatic hydroxyl groups is 1. The number of carbonyl (C=O) groups is 2.